The minimum absolute atomic E-state index is 0.0733. The average molecular weight is 304 g/mol. The zero-order chi connectivity index (χ0) is 15.2. The van der Waals surface area contributed by atoms with E-state index in [0.717, 1.165) is 45.6 Å². The van der Waals surface area contributed by atoms with Gasteiger partial charge in [0.25, 0.3) is 0 Å². The molecule has 1 N–H and O–H groups in total. The quantitative estimate of drug-likeness (QED) is 0.871. The van der Waals surface area contributed by atoms with Crippen LogP contribution in [-0.4, -0.2) is 58.5 Å². The Hall–Kier alpha value is -1.40. The molecule has 1 aromatic heterocycles. The summed E-state index contributed by atoms with van der Waals surface area (Å²) in [5, 5.41) is 7.60. The summed E-state index contributed by atoms with van der Waals surface area (Å²) in [6, 6.07) is 0.575. The molecule has 0 unspecified atom stereocenters. The molecule has 3 fully saturated rings. The van der Waals surface area contributed by atoms with Crippen LogP contribution < -0.4 is 5.32 Å². The van der Waals surface area contributed by atoms with E-state index in [1.807, 2.05) is 17.9 Å². The Bertz CT molecular complexity index is 556. The molecule has 0 radical (unpaired) electrons. The normalized spacial score (nSPS) is 31.8. The molecule has 1 spiro atoms. The van der Waals surface area contributed by atoms with E-state index < -0.39 is 0 Å². The molecule has 4 rings (SSSR count). The average Bonchev–Trinajstić information content (AvgIpc) is 3.21. The molecule has 22 heavy (non-hydrogen) atoms. The predicted octanol–water partition coefficient (Wildman–Crippen LogP) is 0.647. The van der Waals surface area contributed by atoms with Gasteiger partial charge in [-0.25, -0.2) is 0 Å². The van der Waals surface area contributed by atoms with Crippen molar-refractivity contribution in [2.75, 3.05) is 26.3 Å². The molecule has 1 aromatic rings. The van der Waals surface area contributed by atoms with Crippen molar-refractivity contribution in [1.29, 1.82) is 0 Å². The van der Waals surface area contributed by atoms with Crippen LogP contribution in [0.4, 0.5) is 0 Å². The van der Waals surface area contributed by atoms with Gasteiger partial charge in [0, 0.05) is 56.9 Å². The summed E-state index contributed by atoms with van der Waals surface area (Å²) in [6.45, 7) is 3.85. The fourth-order valence-electron chi connectivity index (χ4n) is 4.43. The lowest BCUT2D eigenvalue weighted by Crippen LogP contribution is -2.55. The van der Waals surface area contributed by atoms with Crippen LogP contribution in [0.3, 0.4) is 0 Å². The number of carbonyl (C=O) groups is 1. The van der Waals surface area contributed by atoms with Gasteiger partial charge in [0.15, 0.2) is 0 Å². The number of ether oxygens (including phenoxy) is 1. The molecule has 0 aromatic carbocycles. The van der Waals surface area contributed by atoms with Gasteiger partial charge in [-0.15, -0.1) is 0 Å². The van der Waals surface area contributed by atoms with Crippen LogP contribution in [0.5, 0.6) is 0 Å². The van der Waals surface area contributed by atoms with Crippen molar-refractivity contribution in [2.24, 2.45) is 7.05 Å². The largest absolute Gasteiger partial charge is 0.380 e. The fourth-order valence-corrected chi connectivity index (χ4v) is 4.43. The van der Waals surface area contributed by atoms with Crippen LogP contribution >= 0.6 is 0 Å². The van der Waals surface area contributed by atoms with Gasteiger partial charge in [0.2, 0.25) is 5.91 Å². The first-order chi connectivity index (χ1) is 10.7. The maximum atomic E-state index is 12.1. The zero-order valence-corrected chi connectivity index (χ0v) is 13.1. The van der Waals surface area contributed by atoms with E-state index in [0.29, 0.717) is 12.5 Å². The van der Waals surface area contributed by atoms with E-state index in [9.17, 15) is 4.79 Å². The Morgan fingerprint density at radius 3 is 2.86 bits per heavy atom. The number of amides is 1. The highest BCUT2D eigenvalue weighted by molar-refractivity contribution is 5.81. The van der Waals surface area contributed by atoms with Crippen LogP contribution in [0.15, 0.2) is 12.4 Å². The van der Waals surface area contributed by atoms with E-state index in [1.54, 1.807) is 0 Å². The van der Waals surface area contributed by atoms with Crippen molar-refractivity contribution in [2.45, 2.75) is 43.2 Å². The summed E-state index contributed by atoms with van der Waals surface area (Å²) in [4.78, 5) is 14.6. The SMILES string of the molecule is Cn1cc([C@@H]2CC(=O)NC23CCN([C@@H]2CCOC2)CC3)cn1. The second-order valence-corrected chi connectivity index (χ2v) is 6.96. The third-order valence-electron chi connectivity index (χ3n) is 5.68. The van der Waals surface area contributed by atoms with Crippen molar-refractivity contribution < 1.29 is 9.53 Å². The monoisotopic (exact) mass is 304 g/mol. The fraction of sp³-hybridized carbons (Fsp3) is 0.750. The number of aryl methyl sites for hydroxylation is 1. The van der Waals surface area contributed by atoms with Gasteiger partial charge in [-0.05, 0) is 24.8 Å². The molecule has 0 saturated carbocycles. The lowest BCUT2D eigenvalue weighted by atomic mass is 9.75. The van der Waals surface area contributed by atoms with Crippen LogP contribution in [0.1, 0.15) is 37.2 Å². The minimum Gasteiger partial charge on any atom is -0.380 e. The predicted molar refractivity (Wildman–Crippen MR) is 81.5 cm³/mol. The zero-order valence-electron chi connectivity index (χ0n) is 13.1. The number of hydrogen-bond donors (Lipinski definition) is 1. The molecule has 3 aliphatic heterocycles. The molecule has 6 heteroatoms. The highest BCUT2D eigenvalue weighted by Gasteiger charge is 2.49. The second kappa shape index (κ2) is 5.35. The van der Waals surface area contributed by atoms with Gasteiger partial charge >= 0.3 is 0 Å². The number of carbonyl (C=O) groups excluding carboxylic acids is 1. The van der Waals surface area contributed by atoms with Crippen molar-refractivity contribution in [3.63, 3.8) is 0 Å². The number of likely N-dealkylation sites (tertiary alicyclic amines) is 1. The molecular weight excluding hydrogens is 280 g/mol. The summed E-state index contributed by atoms with van der Waals surface area (Å²) in [7, 11) is 1.93. The van der Waals surface area contributed by atoms with Gasteiger partial charge in [0.05, 0.1) is 12.8 Å². The summed E-state index contributed by atoms with van der Waals surface area (Å²) < 4.78 is 7.35. The number of rotatable bonds is 2. The third-order valence-corrected chi connectivity index (χ3v) is 5.68. The maximum absolute atomic E-state index is 12.1. The molecule has 2 atom stereocenters. The number of nitrogens with zero attached hydrogens (tertiary/aromatic N) is 3. The van der Waals surface area contributed by atoms with Crippen LogP contribution in [0.2, 0.25) is 0 Å². The van der Waals surface area contributed by atoms with Gasteiger partial charge < -0.3 is 10.1 Å². The van der Waals surface area contributed by atoms with Crippen molar-refractivity contribution in [3.8, 4) is 0 Å². The highest BCUT2D eigenvalue weighted by Crippen LogP contribution is 2.43. The Morgan fingerprint density at radius 1 is 1.41 bits per heavy atom. The number of piperidine rings is 1. The van der Waals surface area contributed by atoms with E-state index in [2.05, 4.69) is 21.5 Å². The number of nitrogens with one attached hydrogen (secondary N) is 1. The van der Waals surface area contributed by atoms with Crippen LogP contribution in [0, 0.1) is 0 Å². The van der Waals surface area contributed by atoms with E-state index in [1.165, 1.54) is 5.56 Å². The molecular formula is C16H24N4O2. The first-order valence-corrected chi connectivity index (χ1v) is 8.28. The molecule has 1 amide bonds. The standard InChI is InChI=1S/C16H24N4O2/c1-19-10-12(9-17-19)14-8-15(21)18-16(14)3-5-20(6-4-16)13-2-7-22-11-13/h9-10,13-14H,2-8,11H2,1H3,(H,18,21)/t13-,14+/m1/s1. The topological polar surface area (TPSA) is 59.4 Å². The van der Waals surface area contributed by atoms with Gasteiger partial charge in [-0.1, -0.05) is 0 Å². The molecule has 120 valence electrons. The second-order valence-electron chi connectivity index (χ2n) is 6.96. The third kappa shape index (κ3) is 2.34. The Balaban J connectivity index is 1.51. The van der Waals surface area contributed by atoms with Crippen LogP contribution in [-0.2, 0) is 16.6 Å². The maximum Gasteiger partial charge on any atom is 0.221 e. The van der Waals surface area contributed by atoms with Crippen LogP contribution in [0.25, 0.3) is 0 Å². The molecule has 0 bridgehead atoms. The van der Waals surface area contributed by atoms with Gasteiger partial charge in [-0.3, -0.25) is 14.4 Å². The summed E-state index contributed by atoms with van der Waals surface area (Å²) in [5.41, 5.74) is 1.12. The van der Waals surface area contributed by atoms with E-state index in [4.69, 9.17) is 4.74 Å². The summed E-state index contributed by atoms with van der Waals surface area (Å²) >= 11 is 0. The first kappa shape index (κ1) is 14.2. The Morgan fingerprint density at radius 2 is 2.23 bits per heavy atom. The molecule has 3 saturated heterocycles. The molecule has 6 nitrogen and oxygen atoms in total. The van der Waals surface area contributed by atoms with E-state index in [-0.39, 0.29) is 17.4 Å². The Kier molecular flexibility index (Phi) is 3.46. The summed E-state index contributed by atoms with van der Waals surface area (Å²) in [5.74, 6) is 0.446. The number of aromatic nitrogens is 2. The van der Waals surface area contributed by atoms with E-state index >= 15 is 0 Å². The molecule has 4 heterocycles. The smallest absolute Gasteiger partial charge is 0.221 e. The Labute approximate surface area is 130 Å². The highest BCUT2D eigenvalue weighted by atomic mass is 16.5. The number of hydrogen-bond acceptors (Lipinski definition) is 4. The van der Waals surface area contributed by atoms with Crippen molar-refractivity contribution in [1.82, 2.24) is 20.0 Å². The molecule has 0 aliphatic carbocycles. The lowest BCUT2D eigenvalue weighted by Gasteiger charge is -2.44. The summed E-state index contributed by atoms with van der Waals surface area (Å²) in [6.07, 6.45) is 7.76. The van der Waals surface area contributed by atoms with Crippen molar-refractivity contribution >= 4 is 5.91 Å². The minimum atomic E-state index is -0.0733. The van der Waals surface area contributed by atoms with Crippen molar-refractivity contribution in [3.05, 3.63) is 18.0 Å². The van der Waals surface area contributed by atoms with Gasteiger partial charge in [0.1, 0.15) is 0 Å². The first-order valence-electron chi connectivity index (χ1n) is 8.28. The van der Waals surface area contributed by atoms with Gasteiger partial charge in [-0.2, -0.15) is 5.10 Å². The molecule has 3 aliphatic rings. The lowest BCUT2D eigenvalue weighted by molar-refractivity contribution is -0.120.